The van der Waals surface area contributed by atoms with Crippen LogP contribution in [0.1, 0.15) is 23.8 Å². The topological polar surface area (TPSA) is 29.3 Å². The third-order valence-electron chi connectivity index (χ3n) is 2.75. The number of hydrogen-bond acceptors (Lipinski definition) is 3. The molecule has 0 bridgehead atoms. The highest BCUT2D eigenvalue weighted by atomic mass is 35.5. The van der Waals surface area contributed by atoms with Crippen molar-refractivity contribution in [2.75, 3.05) is 19.6 Å². The molecule has 4 heteroatoms. The van der Waals surface area contributed by atoms with Crippen molar-refractivity contribution >= 4 is 22.9 Å². The lowest BCUT2D eigenvalue weighted by molar-refractivity contribution is 0.255. The van der Waals surface area contributed by atoms with Crippen LogP contribution in [0.2, 0.25) is 5.02 Å². The summed E-state index contributed by atoms with van der Waals surface area (Å²) in [5, 5.41) is 2.91. The van der Waals surface area contributed by atoms with Crippen molar-refractivity contribution in [1.29, 1.82) is 0 Å². The van der Waals surface area contributed by atoms with Gasteiger partial charge < -0.3 is 5.73 Å². The molecule has 1 aliphatic heterocycles. The van der Waals surface area contributed by atoms with Crippen LogP contribution in [0.25, 0.3) is 0 Å². The van der Waals surface area contributed by atoms with Gasteiger partial charge in [0.2, 0.25) is 0 Å². The van der Waals surface area contributed by atoms with E-state index in [1.165, 1.54) is 17.7 Å². The molecule has 2 rings (SSSR count). The minimum atomic E-state index is 0.338. The van der Waals surface area contributed by atoms with Crippen molar-refractivity contribution in [3.05, 3.63) is 21.3 Å². The standard InChI is InChI=1S/C10H15ClN2S/c11-8-3-6-14-10(8)9(7-12)13-4-1-2-5-13/h3,6,9H,1-2,4-5,7,12H2. The highest BCUT2D eigenvalue weighted by Gasteiger charge is 2.24. The summed E-state index contributed by atoms with van der Waals surface area (Å²) in [6, 6.07) is 2.30. The van der Waals surface area contributed by atoms with Crippen molar-refractivity contribution in [3.8, 4) is 0 Å². The molecule has 1 atom stereocenters. The molecule has 1 aliphatic rings. The van der Waals surface area contributed by atoms with E-state index in [0.29, 0.717) is 12.6 Å². The summed E-state index contributed by atoms with van der Waals surface area (Å²) in [7, 11) is 0. The van der Waals surface area contributed by atoms with E-state index in [2.05, 4.69) is 4.90 Å². The van der Waals surface area contributed by atoms with Gasteiger partial charge in [-0.05, 0) is 37.4 Å². The monoisotopic (exact) mass is 230 g/mol. The van der Waals surface area contributed by atoms with E-state index >= 15 is 0 Å². The SMILES string of the molecule is NCC(c1sccc1Cl)N1CCCC1. The molecule has 0 radical (unpaired) electrons. The molecule has 2 heterocycles. The summed E-state index contributed by atoms with van der Waals surface area (Å²) in [5.74, 6) is 0. The molecule has 0 amide bonds. The number of halogens is 1. The maximum atomic E-state index is 6.12. The largest absolute Gasteiger partial charge is 0.329 e. The Labute approximate surface area is 93.7 Å². The molecule has 78 valence electrons. The summed E-state index contributed by atoms with van der Waals surface area (Å²) in [6.07, 6.45) is 2.58. The summed E-state index contributed by atoms with van der Waals surface area (Å²) >= 11 is 7.84. The Morgan fingerprint density at radius 2 is 2.21 bits per heavy atom. The van der Waals surface area contributed by atoms with Crippen LogP contribution in [-0.2, 0) is 0 Å². The number of nitrogens with two attached hydrogens (primary N) is 1. The van der Waals surface area contributed by atoms with Crippen LogP contribution in [0.3, 0.4) is 0 Å². The predicted octanol–water partition coefficient (Wildman–Crippen LogP) is 2.50. The second-order valence-electron chi connectivity index (χ2n) is 3.63. The number of hydrogen-bond donors (Lipinski definition) is 1. The minimum absolute atomic E-state index is 0.338. The average Bonchev–Trinajstić information content (AvgIpc) is 2.80. The van der Waals surface area contributed by atoms with E-state index in [-0.39, 0.29) is 0 Å². The molecule has 1 unspecified atom stereocenters. The molecule has 0 spiro atoms. The Balaban J connectivity index is 2.16. The first kappa shape index (κ1) is 10.4. The maximum absolute atomic E-state index is 6.12. The molecule has 2 N–H and O–H groups in total. The van der Waals surface area contributed by atoms with Gasteiger partial charge in [-0.1, -0.05) is 11.6 Å². The quantitative estimate of drug-likeness (QED) is 0.865. The molecule has 1 aromatic rings. The van der Waals surface area contributed by atoms with Crippen LogP contribution in [-0.4, -0.2) is 24.5 Å². The van der Waals surface area contributed by atoms with Crippen molar-refractivity contribution in [2.24, 2.45) is 5.73 Å². The Hall–Kier alpha value is -0.0900. The molecular weight excluding hydrogens is 216 g/mol. The Morgan fingerprint density at radius 1 is 1.50 bits per heavy atom. The third-order valence-corrected chi connectivity index (χ3v) is 4.21. The van der Waals surface area contributed by atoms with Gasteiger partial charge >= 0.3 is 0 Å². The van der Waals surface area contributed by atoms with Crippen LogP contribution in [0, 0.1) is 0 Å². The number of thiophene rings is 1. The average molecular weight is 231 g/mol. The van der Waals surface area contributed by atoms with Crippen molar-refractivity contribution < 1.29 is 0 Å². The zero-order chi connectivity index (χ0) is 9.97. The molecule has 0 aliphatic carbocycles. The lowest BCUT2D eigenvalue weighted by atomic mass is 10.2. The third kappa shape index (κ3) is 1.96. The first-order valence-electron chi connectivity index (χ1n) is 5.00. The first-order chi connectivity index (χ1) is 6.83. The Kier molecular flexibility index (Phi) is 3.44. The molecule has 14 heavy (non-hydrogen) atoms. The highest BCUT2D eigenvalue weighted by Crippen LogP contribution is 2.33. The van der Waals surface area contributed by atoms with Gasteiger partial charge in [0.1, 0.15) is 0 Å². The minimum Gasteiger partial charge on any atom is -0.329 e. The van der Waals surface area contributed by atoms with Crippen LogP contribution >= 0.6 is 22.9 Å². The fourth-order valence-corrected chi connectivity index (χ4v) is 3.35. The maximum Gasteiger partial charge on any atom is 0.0579 e. The van der Waals surface area contributed by atoms with Gasteiger partial charge in [-0.15, -0.1) is 11.3 Å². The van der Waals surface area contributed by atoms with E-state index in [0.717, 1.165) is 18.1 Å². The smallest absolute Gasteiger partial charge is 0.0579 e. The van der Waals surface area contributed by atoms with Crippen molar-refractivity contribution in [2.45, 2.75) is 18.9 Å². The Morgan fingerprint density at radius 3 is 2.71 bits per heavy atom. The second kappa shape index (κ2) is 4.62. The summed E-state index contributed by atoms with van der Waals surface area (Å²) in [4.78, 5) is 3.67. The fraction of sp³-hybridized carbons (Fsp3) is 0.600. The number of nitrogens with zero attached hydrogens (tertiary/aromatic N) is 1. The number of rotatable bonds is 3. The summed E-state index contributed by atoms with van der Waals surface area (Å²) in [5.41, 5.74) is 5.82. The first-order valence-corrected chi connectivity index (χ1v) is 6.25. The summed E-state index contributed by atoms with van der Waals surface area (Å²) in [6.45, 7) is 2.99. The van der Waals surface area contributed by atoms with Gasteiger partial charge in [-0.25, -0.2) is 0 Å². The zero-order valence-electron chi connectivity index (χ0n) is 8.08. The molecule has 0 aromatic carbocycles. The molecule has 1 aromatic heterocycles. The van der Waals surface area contributed by atoms with E-state index in [1.807, 2.05) is 11.4 Å². The molecule has 1 fully saturated rings. The lowest BCUT2D eigenvalue weighted by Crippen LogP contribution is -2.30. The number of likely N-dealkylation sites (tertiary alicyclic amines) is 1. The Bertz CT molecular complexity index is 294. The van der Waals surface area contributed by atoms with Crippen LogP contribution in [0.4, 0.5) is 0 Å². The lowest BCUT2D eigenvalue weighted by Gasteiger charge is -2.25. The van der Waals surface area contributed by atoms with E-state index < -0.39 is 0 Å². The molecule has 1 saturated heterocycles. The van der Waals surface area contributed by atoms with Gasteiger partial charge in [0, 0.05) is 11.4 Å². The molecular formula is C10H15ClN2S. The van der Waals surface area contributed by atoms with Crippen molar-refractivity contribution in [3.63, 3.8) is 0 Å². The van der Waals surface area contributed by atoms with Gasteiger partial charge in [-0.2, -0.15) is 0 Å². The predicted molar refractivity (Wildman–Crippen MR) is 61.9 cm³/mol. The van der Waals surface area contributed by atoms with Crippen LogP contribution in [0.15, 0.2) is 11.4 Å². The fourth-order valence-electron chi connectivity index (χ4n) is 2.02. The summed E-state index contributed by atoms with van der Waals surface area (Å²) < 4.78 is 0. The van der Waals surface area contributed by atoms with Gasteiger partial charge in [-0.3, -0.25) is 4.90 Å². The van der Waals surface area contributed by atoms with Gasteiger partial charge in [0.15, 0.2) is 0 Å². The molecule has 2 nitrogen and oxygen atoms in total. The zero-order valence-corrected chi connectivity index (χ0v) is 9.65. The van der Waals surface area contributed by atoms with Gasteiger partial charge in [0.05, 0.1) is 11.1 Å². The van der Waals surface area contributed by atoms with E-state index in [9.17, 15) is 0 Å². The van der Waals surface area contributed by atoms with Crippen LogP contribution < -0.4 is 5.73 Å². The van der Waals surface area contributed by atoms with Gasteiger partial charge in [0.25, 0.3) is 0 Å². The van der Waals surface area contributed by atoms with Crippen LogP contribution in [0.5, 0.6) is 0 Å². The normalized spacial score (nSPS) is 20.1. The van der Waals surface area contributed by atoms with E-state index in [1.54, 1.807) is 11.3 Å². The van der Waals surface area contributed by atoms with Crippen molar-refractivity contribution in [1.82, 2.24) is 4.90 Å². The second-order valence-corrected chi connectivity index (χ2v) is 4.98. The van der Waals surface area contributed by atoms with E-state index in [4.69, 9.17) is 17.3 Å². The highest BCUT2D eigenvalue weighted by molar-refractivity contribution is 7.10. The molecule has 0 saturated carbocycles.